The number of alkyl halides is 6. The van der Waals surface area contributed by atoms with E-state index in [0.29, 0.717) is 0 Å². The second kappa shape index (κ2) is 5.32. The van der Waals surface area contributed by atoms with Gasteiger partial charge in [0.25, 0.3) is 0 Å². The number of nitrogens with zero attached hydrogens (tertiary/aromatic N) is 1. The molecule has 0 aliphatic carbocycles. The molecule has 0 atom stereocenters. The van der Waals surface area contributed by atoms with Crippen LogP contribution >= 0.6 is 0 Å². The summed E-state index contributed by atoms with van der Waals surface area (Å²) in [6, 6.07) is 0. The average Bonchev–Trinajstić information content (AvgIpc) is 2.23. The first-order valence-electron chi connectivity index (χ1n) is 4.17. The fraction of sp³-hybridized carbons (Fsp3) is 0.600. The molecule has 0 spiro atoms. The highest BCUT2D eigenvalue weighted by Crippen LogP contribution is 2.26. The molecule has 0 heterocycles. The quantitative estimate of drug-likeness (QED) is 0.508. The molecule has 0 aliphatic heterocycles. The van der Waals surface area contributed by atoms with Crippen LogP contribution in [0, 0.1) is 0 Å². The predicted molar refractivity (Wildman–Crippen MR) is 50.9 cm³/mol. The molecule has 0 saturated heterocycles. The van der Waals surface area contributed by atoms with Crippen LogP contribution in [0.3, 0.4) is 0 Å². The molecule has 16 heteroatoms. The minimum atomic E-state index is -6.38. The number of hydrogen-bond donors (Lipinski definition) is 1. The number of amides is 2. The zero-order valence-electron chi connectivity index (χ0n) is 9.48. The summed E-state index contributed by atoms with van der Waals surface area (Å²) >= 11 is 0. The van der Waals surface area contributed by atoms with E-state index in [1.54, 1.807) is 0 Å². The van der Waals surface area contributed by atoms with Gasteiger partial charge in [-0.3, -0.25) is 9.59 Å². The van der Waals surface area contributed by atoms with Gasteiger partial charge in [0.15, 0.2) is 0 Å². The highest BCUT2D eigenvalue weighted by molar-refractivity contribution is 7.91. The van der Waals surface area contributed by atoms with Crippen molar-refractivity contribution in [1.82, 2.24) is 9.03 Å². The highest BCUT2D eigenvalue weighted by atomic mass is 32.2. The van der Waals surface area contributed by atoms with Crippen LogP contribution < -0.4 is 4.72 Å². The number of rotatable bonds is 2. The lowest BCUT2D eigenvalue weighted by Gasteiger charge is -2.18. The highest BCUT2D eigenvalue weighted by Gasteiger charge is 2.53. The van der Waals surface area contributed by atoms with E-state index >= 15 is 0 Å². The van der Waals surface area contributed by atoms with Gasteiger partial charge in [0.05, 0.1) is 0 Å². The topological polar surface area (TPSA) is 118 Å². The molecule has 124 valence electrons. The Labute approximate surface area is 112 Å². The van der Waals surface area contributed by atoms with Crippen LogP contribution in [0.4, 0.5) is 26.3 Å². The third kappa shape index (κ3) is 3.96. The van der Waals surface area contributed by atoms with E-state index in [2.05, 4.69) is 0 Å². The van der Waals surface area contributed by atoms with Crippen LogP contribution in [0.1, 0.15) is 0 Å². The third-order valence-corrected chi connectivity index (χ3v) is 4.20. The fourth-order valence-electron chi connectivity index (χ4n) is 0.631. The van der Waals surface area contributed by atoms with Crippen LogP contribution in [0.2, 0.25) is 0 Å². The normalized spacial score (nSPS) is 13.7. The van der Waals surface area contributed by atoms with Gasteiger partial charge in [0, 0.05) is 7.05 Å². The van der Waals surface area contributed by atoms with Crippen LogP contribution in [0.25, 0.3) is 0 Å². The summed E-state index contributed by atoms with van der Waals surface area (Å²) in [7, 11) is -12.8. The van der Waals surface area contributed by atoms with Gasteiger partial charge in [-0.05, 0) is 0 Å². The standard InChI is InChI=1S/C5H4F6N2O6S2/c1-13(21(18,19)5(9,10)11)3(15)2(14)12-20(16,17)4(6,7)8/h1H3,(H,12,14). The predicted octanol–water partition coefficient (Wildman–Crippen LogP) is -0.740. The molecule has 8 nitrogen and oxygen atoms in total. The van der Waals surface area contributed by atoms with E-state index in [4.69, 9.17) is 0 Å². The van der Waals surface area contributed by atoms with Crippen molar-refractivity contribution in [3.63, 3.8) is 0 Å². The molecule has 1 N–H and O–H groups in total. The minimum absolute atomic E-state index is 0.0857. The van der Waals surface area contributed by atoms with Gasteiger partial charge in [0.2, 0.25) is 0 Å². The van der Waals surface area contributed by atoms with Crippen molar-refractivity contribution < 1.29 is 52.8 Å². The van der Waals surface area contributed by atoms with Gasteiger partial charge in [-0.1, -0.05) is 0 Å². The Kier molecular flexibility index (Phi) is 4.92. The lowest BCUT2D eigenvalue weighted by Crippen LogP contribution is -2.51. The molecule has 0 aliphatic rings. The van der Waals surface area contributed by atoms with Gasteiger partial charge in [-0.15, -0.1) is 0 Å². The Bertz CT molecular complexity index is 646. The number of carbonyl (C=O) groups excluding carboxylic acids is 2. The molecular weight excluding hydrogens is 362 g/mol. The Morgan fingerprint density at radius 3 is 1.57 bits per heavy atom. The Morgan fingerprint density at radius 2 is 1.29 bits per heavy atom. The summed E-state index contributed by atoms with van der Waals surface area (Å²) in [6.07, 6.45) is 0. The Hall–Kier alpha value is -1.58. The zero-order valence-corrected chi connectivity index (χ0v) is 11.1. The molecule has 0 rings (SSSR count). The SMILES string of the molecule is CN(C(=O)C(=O)NS(=O)(=O)C(F)(F)F)S(=O)(=O)C(F)(F)F. The molecule has 0 aromatic rings. The Morgan fingerprint density at radius 1 is 0.905 bits per heavy atom. The van der Waals surface area contributed by atoms with E-state index in [1.807, 2.05) is 0 Å². The number of likely N-dealkylation sites (N-methyl/N-ethyl adjacent to an activating group) is 1. The molecule has 0 aromatic heterocycles. The molecule has 0 saturated carbocycles. The maximum atomic E-state index is 12.0. The molecule has 21 heavy (non-hydrogen) atoms. The number of halogens is 6. The zero-order chi connectivity index (χ0) is 17.4. The summed E-state index contributed by atoms with van der Waals surface area (Å²) in [5, 5.41) is 0. The molecule has 0 unspecified atom stereocenters. The van der Waals surface area contributed by atoms with E-state index < -0.39 is 47.2 Å². The summed E-state index contributed by atoms with van der Waals surface area (Å²) in [4.78, 5) is 21.8. The number of sulfonamides is 2. The average molecular weight is 366 g/mol. The van der Waals surface area contributed by atoms with Crippen LogP contribution in [-0.2, 0) is 29.6 Å². The fourth-order valence-corrected chi connectivity index (χ4v) is 1.69. The van der Waals surface area contributed by atoms with Crippen molar-refractivity contribution in [2.24, 2.45) is 0 Å². The van der Waals surface area contributed by atoms with Crippen molar-refractivity contribution in [3.05, 3.63) is 0 Å². The maximum absolute atomic E-state index is 12.0. The van der Waals surface area contributed by atoms with Crippen LogP contribution in [-0.4, -0.2) is 51.0 Å². The number of nitrogens with one attached hydrogen (secondary N) is 1. The van der Waals surface area contributed by atoms with Gasteiger partial charge in [-0.2, -0.15) is 43.2 Å². The summed E-state index contributed by atoms with van der Waals surface area (Å²) < 4.78 is 113. The van der Waals surface area contributed by atoms with Crippen molar-refractivity contribution >= 4 is 31.9 Å². The number of carbonyl (C=O) groups is 2. The van der Waals surface area contributed by atoms with Gasteiger partial charge in [0.1, 0.15) is 0 Å². The van der Waals surface area contributed by atoms with E-state index in [1.165, 1.54) is 0 Å². The van der Waals surface area contributed by atoms with Gasteiger partial charge >= 0.3 is 42.9 Å². The van der Waals surface area contributed by atoms with Crippen molar-refractivity contribution in [1.29, 1.82) is 0 Å². The van der Waals surface area contributed by atoms with Crippen LogP contribution in [0.15, 0.2) is 0 Å². The van der Waals surface area contributed by atoms with E-state index in [0.717, 1.165) is 0 Å². The lowest BCUT2D eigenvalue weighted by atomic mass is 10.6. The summed E-state index contributed by atoms with van der Waals surface area (Å²) in [5.74, 6) is -5.41. The largest absolute Gasteiger partial charge is 0.516 e. The smallest absolute Gasteiger partial charge is 0.262 e. The van der Waals surface area contributed by atoms with E-state index in [9.17, 15) is 52.8 Å². The summed E-state index contributed by atoms with van der Waals surface area (Å²) in [5.41, 5.74) is -12.1. The molecule has 0 fully saturated rings. The van der Waals surface area contributed by atoms with Gasteiger partial charge < -0.3 is 0 Å². The van der Waals surface area contributed by atoms with Gasteiger partial charge in [-0.25, -0.2) is 9.03 Å². The Balaban J connectivity index is 5.38. The number of hydrogen-bond acceptors (Lipinski definition) is 6. The van der Waals surface area contributed by atoms with Crippen LogP contribution in [0.5, 0.6) is 0 Å². The minimum Gasteiger partial charge on any atom is -0.262 e. The van der Waals surface area contributed by atoms with Crippen molar-refractivity contribution in [3.8, 4) is 0 Å². The second-order valence-corrected chi connectivity index (χ2v) is 6.74. The van der Waals surface area contributed by atoms with E-state index in [-0.39, 0.29) is 11.8 Å². The third-order valence-electron chi connectivity index (χ3n) is 1.67. The first-order valence-corrected chi connectivity index (χ1v) is 7.10. The molecule has 0 radical (unpaired) electrons. The maximum Gasteiger partial charge on any atom is 0.516 e. The van der Waals surface area contributed by atoms with Crippen molar-refractivity contribution in [2.45, 2.75) is 11.0 Å². The van der Waals surface area contributed by atoms with Crippen molar-refractivity contribution in [2.75, 3.05) is 7.05 Å². The molecule has 2 amide bonds. The summed E-state index contributed by atoms with van der Waals surface area (Å²) in [6.45, 7) is 0. The first kappa shape index (κ1) is 19.4. The second-order valence-electron chi connectivity index (χ2n) is 3.10. The first-order chi connectivity index (χ1) is 8.95. The molecule has 0 aromatic carbocycles. The molecule has 0 bridgehead atoms. The molecular formula is C5H4F6N2O6S2. The monoisotopic (exact) mass is 366 g/mol. The lowest BCUT2D eigenvalue weighted by molar-refractivity contribution is -0.142.